The van der Waals surface area contributed by atoms with E-state index in [1.807, 2.05) is 18.8 Å². The fraction of sp³-hybridized carbons (Fsp3) is 0.600. The van der Waals surface area contributed by atoms with Crippen LogP contribution in [0.5, 0.6) is 0 Å². The van der Waals surface area contributed by atoms with Crippen molar-refractivity contribution in [1.82, 2.24) is 5.32 Å². The van der Waals surface area contributed by atoms with E-state index in [4.69, 9.17) is 4.74 Å². The molecule has 2 atom stereocenters. The Kier molecular flexibility index (Phi) is 5.54. The zero-order valence-corrected chi connectivity index (χ0v) is 12.1. The minimum Gasteiger partial charge on any atom is -0.381 e. The molecule has 1 heterocycles. The van der Waals surface area contributed by atoms with E-state index in [9.17, 15) is 0 Å². The molecule has 2 unspecified atom stereocenters. The van der Waals surface area contributed by atoms with Crippen LogP contribution in [-0.2, 0) is 4.74 Å². The van der Waals surface area contributed by atoms with Crippen molar-refractivity contribution >= 4 is 11.8 Å². The van der Waals surface area contributed by atoms with E-state index >= 15 is 0 Å². The van der Waals surface area contributed by atoms with Gasteiger partial charge in [0.1, 0.15) is 0 Å². The van der Waals surface area contributed by atoms with Crippen LogP contribution >= 0.6 is 11.8 Å². The molecule has 0 saturated carbocycles. The van der Waals surface area contributed by atoms with Gasteiger partial charge >= 0.3 is 0 Å². The molecule has 18 heavy (non-hydrogen) atoms. The van der Waals surface area contributed by atoms with Gasteiger partial charge in [-0.05, 0) is 43.3 Å². The second kappa shape index (κ2) is 7.17. The van der Waals surface area contributed by atoms with Gasteiger partial charge < -0.3 is 10.1 Å². The van der Waals surface area contributed by atoms with Crippen molar-refractivity contribution in [3.63, 3.8) is 0 Å². The lowest BCUT2D eigenvalue weighted by Gasteiger charge is -2.30. The van der Waals surface area contributed by atoms with Crippen LogP contribution in [-0.4, -0.2) is 26.0 Å². The van der Waals surface area contributed by atoms with Gasteiger partial charge in [-0.1, -0.05) is 19.1 Å². The largest absolute Gasteiger partial charge is 0.381 e. The molecule has 1 aliphatic rings. The highest BCUT2D eigenvalue weighted by Gasteiger charge is 2.24. The predicted octanol–water partition coefficient (Wildman–Crippen LogP) is 3.49. The third-order valence-electron chi connectivity index (χ3n) is 3.53. The van der Waals surface area contributed by atoms with E-state index in [1.54, 1.807) is 0 Å². The highest BCUT2D eigenvalue weighted by atomic mass is 32.2. The average Bonchev–Trinajstić information content (AvgIpc) is 2.43. The number of nitrogens with one attached hydrogen (secondary N) is 1. The van der Waals surface area contributed by atoms with Crippen LogP contribution in [0.15, 0.2) is 29.2 Å². The Balaban J connectivity index is 2.06. The Morgan fingerprint density at radius 3 is 2.72 bits per heavy atom. The monoisotopic (exact) mass is 265 g/mol. The fourth-order valence-corrected chi connectivity index (χ4v) is 3.30. The lowest BCUT2D eigenvalue weighted by molar-refractivity contribution is 0.0402. The quantitative estimate of drug-likeness (QED) is 0.824. The predicted molar refractivity (Wildman–Crippen MR) is 78.2 cm³/mol. The van der Waals surface area contributed by atoms with E-state index in [0.717, 1.165) is 19.0 Å². The van der Waals surface area contributed by atoms with Crippen molar-refractivity contribution in [1.29, 1.82) is 0 Å². The molecule has 0 spiro atoms. The number of hydrogen-bond acceptors (Lipinski definition) is 3. The van der Waals surface area contributed by atoms with Gasteiger partial charge in [0.2, 0.25) is 0 Å². The third-order valence-corrected chi connectivity index (χ3v) is 4.42. The Morgan fingerprint density at radius 1 is 1.39 bits per heavy atom. The van der Waals surface area contributed by atoms with E-state index in [1.165, 1.54) is 23.3 Å². The molecule has 1 aromatic rings. The fourth-order valence-electron chi connectivity index (χ4n) is 2.64. The maximum atomic E-state index is 5.60. The zero-order chi connectivity index (χ0) is 12.8. The summed E-state index contributed by atoms with van der Waals surface area (Å²) in [7, 11) is 2.05. The van der Waals surface area contributed by atoms with E-state index in [0.29, 0.717) is 12.0 Å². The Bertz CT molecular complexity index is 346. The van der Waals surface area contributed by atoms with Gasteiger partial charge in [0.25, 0.3) is 0 Å². The summed E-state index contributed by atoms with van der Waals surface area (Å²) >= 11 is 1.89. The van der Waals surface area contributed by atoms with Crippen molar-refractivity contribution < 1.29 is 4.74 Å². The maximum absolute atomic E-state index is 5.60. The summed E-state index contributed by atoms with van der Waals surface area (Å²) in [5, 5.41) is 3.45. The minimum absolute atomic E-state index is 0.422. The van der Waals surface area contributed by atoms with Crippen molar-refractivity contribution in [2.75, 3.05) is 26.0 Å². The zero-order valence-electron chi connectivity index (χ0n) is 11.3. The normalized spacial score (nSPS) is 21.8. The molecule has 0 radical (unpaired) electrons. The number of thioether (sulfide) groups is 1. The molecule has 2 rings (SSSR count). The Hall–Kier alpha value is -0.510. The van der Waals surface area contributed by atoms with Gasteiger partial charge in [0, 0.05) is 23.5 Å². The van der Waals surface area contributed by atoms with Gasteiger partial charge in [-0.2, -0.15) is 0 Å². The number of ether oxygens (including phenoxy) is 1. The molecule has 3 heteroatoms. The van der Waals surface area contributed by atoms with Crippen molar-refractivity contribution in [2.45, 2.75) is 30.7 Å². The summed E-state index contributed by atoms with van der Waals surface area (Å²) in [6, 6.07) is 9.40. The first kappa shape index (κ1) is 13.9. The SMILES string of the molecule is CCSc1ccc(C(NC)C2CCCOC2)cc1. The second-order valence-electron chi connectivity index (χ2n) is 4.75. The summed E-state index contributed by atoms with van der Waals surface area (Å²) in [4.78, 5) is 1.36. The summed E-state index contributed by atoms with van der Waals surface area (Å²) in [5.41, 5.74) is 1.38. The first-order valence-electron chi connectivity index (χ1n) is 6.83. The smallest absolute Gasteiger partial charge is 0.0512 e. The highest BCUT2D eigenvalue weighted by molar-refractivity contribution is 7.99. The Morgan fingerprint density at radius 2 is 2.17 bits per heavy atom. The van der Waals surface area contributed by atoms with Crippen LogP contribution < -0.4 is 5.32 Å². The van der Waals surface area contributed by atoms with E-state index in [2.05, 4.69) is 36.5 Å². The molecule has 1 N–H and O–H groups in total. The molecule has 1 fully saturated rings. The van der Waals surface area contributed by atoms with Crippen molar-refractivity contribution in [3.05, 3.63) is 29.8 Å². The van der Waals surface area contributed by atoms with Gasteiger partial charge in [-0.15, -0.1) is 11.8 Å². The number of benzene rings is 1. The topological polar surface area (TPSA) is 21.3 Å². The molecule has 2 nitrogen and oxygen atoms in total. The van der Waals surface area contributed by atoms with Crippen LogP contribution in [0.1, 0.15) is 31.4 Å². The summed E-state index contributed by atoms with van der Waals surface area (Å²) in [6.45, 7) is 4.00. The second-order valence-corrected chi connectivity index (χ2v) is 6.08. The van der Waals surface area contributed by atoms with Crippen molar-refractivity contribution in [3.8, 4) is 0 Å². The van der Waals surface area contributed by atoms with Gasteiger partial charge in [-0.25, -0.2) is 0 Å². The van der Waals surface area contributed by atoms with E-state index in [-0.39, 0.29) is 0 Å². The van der Waals surface area contributed by atoms with Gasteiger partial charge in [0.15, 0.2) is 0 Å². The highest BCUT2D eigenvalue weighted by Crippen LogP contribution is 2.29. The third kappa shape index (κ3) is 3.50. The van der Waals surface area contributed by atoms with Gasteiger partial charge in [-0.3, -0.25) is 0 Å². The first-order chi connectivity index (χ1) is 8.85. The van der Waals surface area contributed by atoms with Crippen LogP contribution in [0.4, 0.5) is 0 Å². The van der Waals surface area contributed by atoms with Crippen LogP contribution in [0.2, 0.25) is 0 Å². The lowest BCUT2D eigenvalue weighted by Crippen LogP contribution is -2.31. The molecule has 1 saturated heterocycles. The van der Waals surface area contributed by atoms with Crippen LogP contribution in [0.3, 0.4) is 0 Å². The number of rotatable bonds is 5. The molecule has 0 aliphatic carbocycles. The summed E-state index contributed by atoms with van der Waals surface area (Å²) in [6.07, 6.45) is 2.45. The minimum atomic E-state index is 0.422. The molecule has 1 aromatic carbocycles. The van der Waals surface area contributed by atoms with Crippen LogP contribution in [0, 0.1) is 5.92 Å². The molecule has 0 aromatic heterocycles. The van der Waals surface area contributed by atoms with Gasteiger partial charge in [0.05, 0.1) is 6.61 Å². The maximum Gasteiger partial charge on any atom is 0.0512 e. The first-order valence-corrected chi connectivity index (χ1v) is 7.81. The average molecular weight is 265 g/mol. The summed E-state index contributed by atoms with van der Waals surface area (Å²) in [5.74, 6) is 1.74. The number of hydrogen-bond donors (Lipinski definition) is 1. The molecular weight excluding hydrogens is 242 g/mol. The lowest BCUT2D eigenvalue weighted by atomic mass is 9.89. The standard InChI is InChI=1S/C15H23NOS/c1-3-18-14-8-6-12(7-9-14)15(16-2)13-5-4-10-17-11-13/h6-9,13,15-16H,3-5,10-11H2,1-2H3. The van der Waals surface area contributed by atoms with Crippen LogP contribution in [0.25, 0.3) is 0 Å². The molecule has 0 bridgehead atoms. The van der Waals surface area contributed by atoms with Crippen molar-refractivity contribution in [2.24, 2.45) is 5.92 Å². The molecule has 0 amide bonds. The Labute approximate surface area is 114 Å². The summed E-state index contributed by atoms with van der Waals surface area (Å²) < 4.78 is 5.60. The molecule has 100 valence electrons. The molecule has 1 aliphatic heterocycles. The van der Waals surface area contributed by atoms with E-state index < -0.39 is 0 Å². The molecular formula is C15H23NOS.